The number of hydrogen-bond acceptors (Lipinski definition) is 12. The van der Waals surface area contributed by atoms with Gasteiger partial charge in [0, 0.05) is 24.9 Å². The van der Waals surface area contributed by atoms with Crippen molar-refractivity contribution in [1.29, 1.82) is 0 Å². The Bertz CT molecular complexity index is 1120. The Morgan fingerprint density at radius 1 is 0.895 bits per heavy atom. The molecule has 1 heterocycles. The molecule has 12 heteroatoms. The smallest absolute Gasteiger partial charge is 0.229 e. The molecule has 2 aromatic rings. The summed E-state index contributed by atoms with van der Waals surface area (Å²) < 4.78 is 22.1. The first-order chi connectivity index (χ1) is 18.1. The summed E-state index contributed by atoms with van der Waals surface area (Å²) in [7, 11) is 2.76. The summed E-state index contributed by atoms with van der Waals surface area (Å²) in [6.07, 6.45) is -7.54. The highest BCUT2D eigenvalue weighted by molar-refractivity contribution is 5.55. The number of phenols is 1. The summed E-state index contributed by atoms with van der Waals surface area (Å²) in [6.45, 7) is -1.75. The summed E-state index contributed by atoms with van der Waals surface area (Å²) in [5, 5.41) is 82.1. The topological polar surface area (TPSA) is 199 Å². The van der Waals surface area contributed by atoms with Gasteiger partial charge in [-0.1, -0.05) is 6.07 Å². The Labute approximate surface area is 218 Å². The molecular weight excluding hydrogens is 504 g/mol. The quantitative estimate of drug-likeness (QED) is 0.196. The van der Waals surface area contributed by atoms with Crippen molar-refractivity contribution in [3.63, 3.8) is 0 Å². The molecule has 1 aliphatic heterocycles. The van der Waals surface area contributed by atoms with E-state index in [0.29, 0.717) is 16.7 Å². The zero-order chi connectivity index (χ0) is 27.8. The third-order valence-corrected chi connectivity index (χ3v) is 7.47. The van der Waals surface area contributed by atoms with Crippen LogP contribution in [0.1, 0.15) is 22.6 Å². The molecule has 1 fully saturated rings. The molecule has 0 spiro atoms. The van der Waals surface area contributed by atoms with Gasteiger partial charge >= 0.3 is 0 Å². The Kier molecular flexibility index (Phi) is 8.35. The van der Waals surface area contributed by atoms with E-state index in [1.807, 2.05) is 0 Å². The highest BCUT2D eigenvalue weighted by Crippen LogP contribution is 2.49. The van der Waals surface area contributed by atoms with E-state index in [4.69, 9.17) is 18.9 Å². The van der Waals surface area contributed by atoms with Crippen LogP contribution in [0.2, 0.25) is 0 Å². The molecule has 2 aliphatic rings. The van der Waals surface area contributed by atoms with Crippen LogP contribution >= 0.6 is 0 Å². The summed E-state index contributed by atoms with van der Waals surface area (Å²) in [5.41, 5.74) is 0.0504. The minimum absolute atomic E-state index is 0.0214. The van der Waals surface area contributed by atoms with Crippen molar-refractivity contribution in [2.75, 3.05) is 34.0 Å². The van der Waals surface area contributed by atoms with Gasteiger partial charge in [-0.05, 0) is 41.0 Å². The van der Waals surface area contributed by atoms with Crippen LogP contribution in [0.4, 0.5) is 0 Å². The van der Waals surface area contributed by atoms with Crippen LogP contribution in [0.5, 0.6) is 23.0 Å². The molecular formula is C26H34O12. The number of methoxy groups -OCH3 is 2. The number of phenolic OH excluding ortho intramolecular Hbond substituents is 1. The Morgan fingerprint density at radius 3 is 2.21 bits per heavy atom. The average molecular weight is 539 g/mol. The fourth-order valence-corrected chi connectivity index (χ4v) is 5.34. The third kappa shape index (κ3) is 4.90. The van der Waals surface area contributed by atoms with E-state index >= 15 is 0 Å². The third-order valence-electron chi connectivity index (χ3n) is 7.47. The van der Waals surface area contributed by atoms with Crippen LogP contribution in [0.3, 0.4) is 0 Å². The molecule has 1 saturated heterocycles. The van der Waals surface area contributed by atoms with Crippen LogP contribution in [0.25, 0.3) is 0 Å². The van der Waals surface area contributed by atoms with Gasteiger partial charge in [0.1, 0.15) is 24.4 Å². The summed E-state index contributed by atoms with van der Waals surface area (Å²) in [6, 6.07) is 7.77. The number of aliphatic hydroxyl groups excluding tert-OH is 6. The monoisotopic (exact) mass is 538 g/mol. The number of rotatable bonds is 8. The predicted molar refractivity (Wildman–Crippen MR) is 130 cm³/mol. The molecule has 0 saturated carbocycles. The van der Waals surface area contributed by atoms with E-state index in [0.717, 1.165) is 0 Å². The average Bonchev–Trinajstić information content (AvgIpc) is 2.92. The summed E-state index contributed by atoms with van der Waals surface area (Å²) in [5.74, 6) is -1.25. The van der Waals surface area contributed by atoms with Crippen molar-refractivity contribution in [3.8, 4) is 23.0 Å². The van der Waals surface area contributed by atoms with Gasteiger partial charge < -0.3 is 59.8 Å². The number of ether oxygens (including phenoxy) is 4. The summed E-state index contributed by atoms with van der Waals surface area (Å²) >= 11 is 0. The van der Waals surface area contributed by atoms with Gasteiger partial charge in [-0.15, -0.1) is 0 Å². The van der Waals surface area contributed by atoms with Crippen LogP contribution in [0, 0.1) is 5.92 Å². The molecule has 8 atom stereocenters. The standard InChI is InChI=1S/C26H34O12/c1-35-17-5-12(3-4-16(17)30)21-14-7-19(37-25-24(33)23(32)22(31)20(10-28)38-25)18(36-2)6-13(14)8-26(34,11-29)15(21)9-27/h3-7,15,20-25,27-34H,8-11H2,1-2H3. The molecule has 38 heavy (non-hydrogen) atoms. The molecule has 210 valence electrons. The minimum Gasteiger partial charge on any atom is -0.504 e. The number of benzene rings is 2. The van der Waals surface area contributed by atoms with Crippen molar-refractivity contribution in [2.45, 2.75) is 48.6 Å². The van der Waals surface area contributed by atoms with Crippen LogP contribution in [-0.4, -0.2) is 111 Å². The minimum atomic E-state index is -1.69. The second-order valence-corrected chi connectivity index (χ2v) is 9.65. The lowest BCUT2D eigenvalue weighted by Crippen LogP contribution is -2.60. The van der Waals surface area contributed by atoms with Crippen molar-refractivity contribution in [3.05, 3.63) is 47.0 Å². The molecule has 2 aromatic carbocycles. The first-order valence-electron chi connectivity index (χ1n) is 12.1. The molecule has 0 radical (unpaired) electrons. The first-order valence-corrected chi connectivity index (χ1v) is 12.1. The van der Waals surface area contributed by atoms with Crippen LogP contribution in [-0.2, 0) is 11.2 Å². The normalized spacial score (nSPS) is 32.9. The fraction of sp³-hybridized carbons (Fsp3) is 0.538. The maximum atomic E-state index is 11.3. The van der Waals surface area contributed by atoms with Crippen LogP contribution < -0.4 is 14.2 Å². The van der Waals surface area contributed by atoms with E-state index in [9.17, 15) is 40.9 Å². The highest BCUT2D eigenvalue weighted by Gasteiger charge is 2.48. The van der Waals surface area contributed by atoms with Gasteiger partial charge in [0.15, 0.2) is 23.0 Å². The van der Waals surface area contributed by atoms with Gasteiger partial charge in [-0.25, -0.2) is 0 Å². The molecule has 1 aliphatic carbocycles. The number of aromatic hydroxyl groups is 1. The lowest BCUT2D eigenvalue weighted by atomic mass is 9.64. The van der Waals surface area contributed by atoms with E-state index in [2.05, 4.69) is 0 Å². The molecule has 0 bridgehead atoms. The van der Waals surface area contributed by atoms with E-state index in [-0.39, 0.29) is 29.4 Å². The highest BCUT2D eigenvalue weighted by atomic mass is 16.7. The van der Waals surface area contributed by atoms with Gasteiger partial charge in [-0.2, -0.15) is 0 Å². The maximum absolute atomic E-state index is 11.3. The molecule has 0 aromatic heterocycles. The zero-order valence-electron chi connectivity index (χ0n) is 21.0. The molecule has 12 nitrogen and oxygen atoms in total. The Hall–Kier alpha value is -2.68. The number of hydrogen-bond donors (Lipinski definition) is 8. The first kappa shape index (κ1) is 28.3. The predicted octanol–water partition coefficient (Wildman–Crippen LogP) is -1.39. The molecule has 4 rings (SSSR count). The second kappa shape index (κ2) is 11.2. The molecule has 8 N–H and O–H groups in total. The lowest BCUT2D eigenvalue weighted by Gasteiger charge is -2.45. The zero-order valence-corrected chi connectivity index (χ0v) is 21.0. The maximum Gasteiger partial charge on any atom is 0.229 e. The van der Waals surface area contributed by atoms with Crippen molar-refractivity contribution in [2.24, 2.45) is 5.92 Å². The second-order valence-electron chi connectivity index (χ2n) is 9.65. The molecule has 8 unspecified atom stereocenters. The molecule has 0 amide bonds. The van der Waals surface area contributed by atoms with Gasteiger partial charge in [0.2, 0.25) is 6.29 Å². The van der Waals surface area contributed by atoms with Gasteiger partial charge in [0.05, 0.1) is 33.0 Å². The number of fused-ring (bicyclic) bond motifs is 1. The van der Waals surface area contributed by atoms with E-state index in [1.165, 1.54) is 20.3 Å². The largest absolute Gasteiger partial charge is 0.504 e. The van der Waals surface area contributed by atoms with E-state index in [1.54, 1.807) is 24.3 Å². The summed E-state index contributed by atoms with van der Waals surface area (Å²) in [4.78, 5) is 0. The van der Waals surface area contributed by atoms with Gasteiger partial charge in [0.25, 0.3) is 0 Å². The van der Waals surface area contributed by atoms with Crippen molar-refractivity contribution < 1.29 is 59.8 Å². The van der Waals surface area contributed by atoms with Crippen molar-refractivity contribution in [1.82, 2.24) is 0 Å². The van der Waals surface area contributed by atoms with Gasteiger partial charge in [-0.3, -0.25) is 0 Å². The fourth-order valence-electron chi connectivity index (χ4n) is 5.34. The Morgan fingerprint density at radius 2 is 1.61 bits per heavy atom. The SMILES string of the molecule is COc1cc(C2c3cc(OC4OC(CO)C(O)C(O)C4O)c(OC)cc3CC(O)(CO)C2CO)ccc1O. The van der Waals surface area contributed by atoms with E-state index < -0.39 is 68.0 Å². The number of aliphatic hydroxyl groups is 7. The van der Waals surface area contributed by atoms with Crippen LogP contribution in [0.15, 0.2) is 30.3 Å². The lowest BCUT2D eigenvalue weighted by molar-refractivity contribution is -0.277. The van der Waals surface area contributed by atoms with Crippen molar-refractivity contribution >= 4 is 0 Å². The Balaban J connectivity index is 1.83.